The molecule has 0 unspecified atom stereocenters. The zero-order chi connectivity index (χ0) is 13.9. The van der Waals surface area contributed by atoms with Gasteiger partial charge >= 0.3 is 0 Å². The van der Waals surface area contributed by atoms with Gasteiger partial charge in [-0.15, -0.1) is 0 Å². The topological polar surface area (TPSA) is 84.2 Å². The number of hydrogen-bond donors (Lipinski definition) is 2. The molecule has 6 nitrogen and oxygen atoms in total. The van der Waals surface area contributed by atoms with Crippen LogP contribution < -0.4 is 10.0 Å². The van der Waals surface area contributed by atoms with Gasteiger partial charge in [-0.05, 0) is 31.2 Å². The summed E-state index contributed by atoms with van der Waals surface area (Å²) in [6, 6.07) is 6.59. The first-order chi connectivity index (χ1) is 9.03. The Morgan fingerprint density at radius 1 is 1.32 bits per heavy atom. The maximum absolute atomic E-state index is 12.2. The van der Waals surface area contributed by atoms with Crippen molar-refractivity contribution in [2.75, 3.05) is 12.4 Å². The molecule has 0 fully saturated rings. The largest absolute Gasteiger partial charge is 0.465 e. The molecule has 0 saturated heterocycles. The number of rotatable bonds is 5. The number of pyridine rings is 1. The van der Waals surface area contributed by atoms with Crippen molar-refractivity contribution in [3.63, 3.8) is 0 Å². The number of aryl methyl sites for hydroxylation is 1. The Bertz CT molecular complexity index is 664. The molecule has 0 spiro atoms. The number of furan rings is 1. The number of nitrogens with zero attached hydrogens (tertiary/aromatic N) is 1. The molecule has 102 valence electrons. The number of anilines is 1. The third-order valence-electron chi connectivity index (χ3n) is 2.53. The highest BCUT2D eigenvalue weighted by molar-refractivity contribution is 7.89. The maximum atomic E-state index is 12.2. The first-order valence-corrected chi connectivity index (χ1v) is 7.19. The lowest BCUT2D eigenvalue weighted by Crippen LogP contribution is -2.24. The van der Waals surface area contributed by atoms with Gasteiger partial charge in [-0.25, -0.2) is 18.1 Å². The van der Waals surface area contributed by atoms with Gasteiger partial charge < -0.3 is 9.73 Å². The van der Waals surface area contributed by atoms with Crippen molar-refractivity contribution in [3.8, 4) is 0 Å². The normalized spacial score (nSPS) is 11.5. The van der Waals surface area contributed by atoms with E-state index in [0.29, 0.717) is 11.6 Å². The van der Waals surface area contributed by atoms with E-state index >= 15 is 0 Å². The third kappa shape index (κ3) is 3.12. The van der Waals surface area contributed by atoms with E-state index in [9.17, 15) is 8.42 Å². The van der Waals surface area contributed by atoms with Crippen LogP contribution in [0.1, 0.15) is 11.5 Å². The first kappa shape index (κ1) is 13.6. The predicted molar refractivity (Wildman–Crippen MR) is 71.3 cm³/mol. The van der Waals surface area contributed by atoms with E-state index < -0.39 is 10.0 Å². The van der Waals surface area contributed by atoms with Crippen molar-refractivity contribution < 1.29 is 12.8 Å². The van der Waals surface area contributed by atoms with Crippen molar-refractivity contribution in [2.45, 2.75) is 18.4 Å². The van der Waals surface area contributed by atoms with Crippen molar-refractivity contribution in [3.05, 3.63) is 42.0 Å². The molecule has 0 bridgehead atoms. The fourth-order valence-electron chi connectivity index (χ4n) is 1.62. The van der Waals surface area contributed by atoms with E-state index in [2.05, 4.69) is 15.0 Å². The molecule has 0 aliphatic carbocycles. The Morgan fingerprint density at radius 3 is 2.74 bits per heavy atom. The van der Waals surface area contributed by atoms with Gasteiger partial charge in [0.25, 0.3) is 0 Å². The standard InChI is InChI=1S/C12H15N3O3S/c1-9-5-6-10(18-9)8-15-19(16,17)11-4-3-7-14-12(11)13-2/h3-7,15H,8H2,1-2H3,(H,13,14). The van der Waals surface area contributed by atoms with Crippen LogP contribution in [0.15, 0.2) is 39.8 Å². The molecular formula is C12H15N3O3S. The van der Waals surface area contributed by atoms with E-state index in [0.717, 1.165) is 5.76 Å². The van der Waals surface area contributed by atoms with Crippen molar-refractivity contribution in [1.29, 1.82) is 0 Å². The van der Waals surface area contributed by atoms with Crippen LogP contribution in [0.5, 0.6) is 0 Å². The average Bonchev–Trinajstić information content (AvgIpc) is 2.82. The summed E-state index contributed by atoms with van der Waals surface area (Å²) in [6.45, 7) is 1.91. The second-order valence-corrected chi connectivity index (χ2v) is 5.67. The van der Waals surface area contributed by atoms with Gasteiger partial charge in [0.2, 0.25) is 10.0 Å². The van der Waals surface area contributed by atoms with Crippen LogP contribution in [0.4, 0.5) is 5.82 Å². The molecule has 7 heteroatoms. The minimum atomic E-state index is -3.63. The van der Waals surface area contributed by atoms with Crippen molar-refractivity contribution in [2.24, 2.45) is 0 Å². The lowest BCUT2D eigenvalue weighted by Gasteiger charge is -2.09. The molecule has 0 amide bonds. The van der Waals surface area contributed by atoms with Crippen LogP contribution in [-0.4, -0.2) is 20.4 Å². The lowest BCUT2D eigenvalue weighted by molar-refractivity contribution is 0.475. The van der Waals surface area contributed by atoms with Crippen LogP contribution in [0.25, 0.3) is 0 Å². The number of nitrogens with one attached hydrogen (secondary N) is 2. The van der Waals surface area contributed by atoms with Crippen molar-refractivity contribution >= 4 is 15.8 Å². The minimum absolute atomic E-state index is 0.105. The molecule has 0 radical (unpaired) electrons. The van der Waals surface area contributed by atoms with E-state index in [-0.39, 0.29) is 11.4 Å². The van der Waals surface area contributed by atoms with Crippen LogP contribution in [0, 0.1) is 6.92 Å². The van der Waals surface area contributed by atoms with Crippen LogP contribution in [0.2, 0.25) is 0 Å². The molecule has 0 aromatic carbocycles. The number of aromatic nitrogens is 1. The van der Waals surface area contributed by atoms with Gasteiger partial charge in [0.05, 0.1) is 6.54 Å². The monoisotopic (exact) mass is 281 g/mol. The van der Waals surface area contributed by atoms with E-state index in [1.807, 2.05) is 0 Å². The smallest absolute Gasteiger partial charge is 0.244 e. The van der Waals surface area contributed by atoms with Gasteiger partial charge in [0.15, 0.2) is 0 Å². The highest BCUT2D eigenvalue weighted by Gasteiger charge is 2.18. The first-order valence-electron chi connectivity index (χ1n) is 5.70. The Hall–Kier alpha value is -1.86. The van der Waals surface area contributed by atoms with Gasteiger partial charge in [-0.1, -0.05) is 0 Å². The SMILES string of the molecule is CNc1ncccc1S(=O)(=O)NCc1ccc(C)o1. The minimum Gasteiger partial charge on any atom is -0.465 e. The summed E-state index contributed by atoms with van der Waals surface area (Å²) >= 11 is 0. The maximum Gasteiger partial charge on any atom is 0.244 e. The van der Waals surface area contributed by atoms with E-state index in [1.165, 1.54) is 12.3 Å². The Kier molecular flexibility index (Phi) is 3.87. The molecule has 0 aliphatic rings. The molecule has 19 heavy (non-hydrogen) atoms. The zero-order valence-electron chi connectivity index (χ0n) is 10.7. The third-order valence-corrected chi connectivity index (χ3v) is 3.96. The van der Waals surface area contributed by atoms with Gasteiger partial charge in [0, 0.05) is 13.2 Å². The molecule has 2 aromatic rings. The Labute approximate surface area is 111 Å². The summed E-state index contributed by atoms with van der Waals surface area (Å²) in [4.78, 5) is 4.08. The average molecular weight is 281 g/mol. The Balaban J connectivity index is 2.18. The molecular weight excluding hydrogens is 266 g/mol. The molecule has 0 saturated carbocycles. The summed E-state index contributed by atoms with van der Waals surface area (Å²) in [7, 11) is -2.00. The molecule has 0 atom stereocenters. The van der Waals surface area contributed by atoms with Crippen LogP contribution >= 0.6 is 0 Å². The summed E-state index contributed by atoms with van der Waals surface area (Å²) in [5.41, 5.74) is 0. The highest BCUT2D eigenvalue weighted by Crippen LogP contribution is 2.17. The second kappa shape index (κ2) is 5.41. The summed E-state index contributed by atoms with van der Waals surface area (Å²) in [5, 5.41) is 2.75. The summed E-state index contributed by atoms with van der Waals surface area (Å²) in [6.07, 6.45) is 1.53. The fourth-order valence-corrected chi connectivity index (χ4v) is 2.77. The predicted octanol–water partition coefficient (Wildman–Crippen LogP) is 1.50. The zero-order valence-corrected chi connectivity index (χ0v) is 11.5. The van der Waals surface area contributed by atoms with Gasteiger partial charge in [-0.3, -0.25) is 0 Å². The number of sulfonamides is 1. The second-order valence-electron chi connectivity index (χ2n) is 3.94. The highest BCUT2D eigenvalue weighted by atomic mass is 32.2. The Morgan fingerprint density at radius 2 is 2.11 bits per heavy atom. The summed E-state index contributed by atoms with van der Waals surface area (Å²) < 4.78 is 32.1. The quantitative estimate of drug-likeness (QED) is 0.867. The van der Waals surface area contributed by atoms with Gasteiger partial charge in [0.1, 0.15) is 22.2 Å². The van der Waals surface area contributed by atoms with E-state index in [4.69, 9.17) is 4.42 Å². The van der Waals surface area contributed by atoms with Gasteiger partial charge in [-0.2, -0.15) is 0 Å². The summed E-state index contributed by atoms with van der Waals surface area (Å²) in [5.74, 6) is 1.62. The van der Waals surface area contributed by atoms with Crippen LogP contribution in [-0.2, 0) is 16.6 Å². The van der Waals surface area contributed by atoms with Crippen molar-refractivity contribution in [1.82, 2.24) is 9.71 Å². The number of hydrogen-bond acceptors (Lipinski definition) is 5. The van der Waals surface area contributed by atoms with Crippen LogP contribution in [0.3, 0.4) is 0 Å². The molecule has 2 N–H and O–H groups in total. The van der Waals surface area contributed by atoms with E-state index in [1.54, 1.807) is 32.2 Å². The fraction of sp³-hybridized carbons (Fsp3) is 0.250. The lowest BCUT2D eigenvalue weighted by atomic mass is 10.4. The molecule has 2 heterocycles. The molecule has 0 aliphatic heterocycles. The molecule has 2 aromatic heterocycles. The molecule has 2 rings (SSSR count).